The Kier molecular flexibility index (Phi) is 6.21. The lowest BCUT2D eigenvalue weighted by molar-refractivity contribution is -0.122. The van der Waals surface area contributed by atoms with Crippen LogP contribution in [0.4, 0.5) is 8.78 Å². The van der Waals surface area contributed by atoms with E-state index >= 15 is 0 Å². The molecule has 0 aromatic heterocycles. The van der Waals surface area contributed by atoms with E-state index in [1.807, 2.05) is 0 Å². The molecule has 19 heavy (non-hydrogen) atoms. The number of aliphatic hydroxyl groups is 1. The first-order chi connectivity index (χ1) is 9.02. The van der Waals surface area contributed by atoms with Crippen molar-refractivity contribution in [2.45, 2.75) is 25.8 Å². The summed E-state index contributed by atoms with van der Waals surface area (Å²) in [6.07, 6.45) is 0.619. The van der Waals surface area contributed by atoms with E-state index < -0.39 is 11.6 Å². The number of hydrogen-bond acceptors (Lipinski definition) is 3. The van der Waals surface area contributed by atoms with E-state index in [0.717, 1.165) is 12.1 Å². The van der Waals surface area contributed by atoms with Gasteiger partial charge in [-0.05, 0) is 25.5 Å². The zero-order chi connectivity index (χ0) is 14.3. The summed E-state index contributed by atoms with van der Waals surface area (Å²) in [7, 11) is 0. The highest BCUT2D eigenvalue weighted by Gasteiger charge is 2.07. The van der Waals surface area contributed by atoms with Gasteiger partial charge in [0.1, 0.15) is 5.82 Å². The highest BCUT2D eigenvalue weighted by Crippen LogP contribution is 2.17. The highest BCUT2D eigenvalue weighted by molar-refractivity contribution is 5.76. The summed E-state index contributed by atoms with van der Waals surface area (Å²) in [6, 6.07) is 2.76. The Bertz CT molecular complexity index is 426. The summed E-state index contributed by atoms with van der Waals surface area (Å²) in [5, 5.41) is 11.3. The topological polar surface area (TPSA) is 58.6 Å². The smallest absolute Gasteiger partial charge is 0.220 e. The number of amides is 1. The van der Waals surface area contributed by atoms with Crippen LogP contribution in [0.1, 0.15) is 19.8 Å². The Morgan fingerprint density at radius 1 is 1.47 bits per heavy atom. The summed E-state index contributed by atoms with van der Waals surface area (Å²) in [5.74, 6) is -1.67. The molecule has 1 rings (SSSR count). The van der Waals surface area contributed by atoms with Gasteiger partial charge in [-0.1, -0.05) is 0 Å². The third kappa shape index (κ3) is 5.65. The molecule has 0 fully saturated rings. The van der Waals surface area contributed by atoms with Crippen molar-refractivity contribution in [2.75, 3.05) is 13.2 Å². The number of nitrogens with one attached hydrogen (secondary N) is 1. The van der Waals surface area contributed by atoms with Crippen molar-refractivity contribution in [1.29, 1.82) is 0 Å². The van der Waals surface area contributed by atoms with Gasteiger partial charge >= 0.3 is 0 Å². The Hall–Kier alpha value is -1.69. The molecule has 1 atom stereocenters. The van der Waals surface area contributed by atoms with E-state index in [0.29, 0.717) is 6.42 Å². The Morgan fingerprint density at radius 2 is 2.21 bits per heavy atom. The fourth-order valence-corrected chi connectivity index (χ4v) is 1.40. The van der Waals surface area contributed by atoms with Crippen LogP contribution >= 0.6 is 0 Å². The molecule has 1 amide bonds. The van der Waals surface area contributed by atoms with Gasteiger partial charge in [0, 0.05) is 18.5 Å². The number of halogens is 2. The number of ether oxygens (including phenoxy) is 1. The first-order valence-corrected chi connectivity index (χ1v) is 6.01. The van der Waals surface area contributed by atoms with Gasteiger partial charge in [-0.3, -0.25) is 4.79 Å². The Labute approximate surface area is 110 Å². The minimum atomic E-state index is -0.765. The SMILES string of the molecule is CC(CO)NC(=O)CCCOc1ccc(F)cc1F. The molecule has 0 heterocycles. The van der Waals surface area contributed by atoms with Gasteiger partial charge in [-0.15, -0.1) is 0 Å². The number of carbonyl (C=O) groups excluding carboxylic acids is 1. The van der Waals surface area contributed by atoms with Gasteiger partial charge in [0.05, 0.1) is 13.2 Å². The number of carbonyl (C=O) groups is 1. The van der Waals surface area contributed by atoms with Crippen molar-refractivity contribution >= 4 is 5.91 Å². The van der Waals surface area contributed by atoms with Crippen LogP contribution in [0.3, 0.4) is 0 Å². The Balaban J connectivity index is 2.25. The third-order valence-electron chi connectivity index (χ3n) is 2.38. The lowest BCUT2D eigenvalue weighted by Crippen LogP contribution is -2.34. The maximum absolute atomic E-state index is 13.2. The second-order valence-corrected chi connectivity index (χ2v) is 4.18. The average molecular weight is 273 g/mol. The summed E-state index contributed by atoms with van der Waals surface area (Å²) in [6.45, 7) is 1.72. The van der Waals surface area contributed by atoms with Gasteiger partial charge in [0.15, 0.2) is 11.6 Å². The second-order valence-electron chi connectivity index (χ2n) is 4.18. The summed E-state index contributed by atoms with van der Waals surface area (Å²) in [4.78, 5) is 11.3. The van der Waals surface area contributed by atoms with E-state index in [-0.39, 0.29) is 37.3 Å². The van der Waals surface area contributed by atoms with Crippen molar-refractivity contribution in [1.82, 2.24) is 5.32 Å². The second kappa shape index (κ2) is 7.68. The lowest BCUT2D eigenvalue weighted by atomic mass is 10.2. The number of rotatable bonds is 7. The van der Waals surface area contributed by atoms with Crippen LogP contribution in [0, 0.1) is 11.6 Å². The summed E-state index contributed by atoms with van der Waals surface area (Å²) >= 11 is 0. The van der Waals surface area contributed by atoms with Gasteiger partial charge < -0.3 is 15.2 Å². The van der Waals surface area contributed by atoms with Gasteiger partial charge in [-0.25, -0.2) is 8.78 Å². The predicted molar refractivity (Wildman–Crippen MR) is 65.8 cm³/mol. The molecule has 0 aliphatic rings. The molecular weight excluding hydrogens is 256 g/mol. The van der Waals surface area contributed by atoms with E-state index in [4.69, 9.17) is 9.84 Å². The lowest BCUT2D eigenvalue weighted by Gasteiger charge is -2.11. The molecule has 6 heteroatoms. The van der Waals surface area contributed by atoms with E-state index in [9.17, 15) is 13.6 Å². The molecule has 0 aliphatic carbocycles. The number of aliphatic hydroxyl groups excluding tert-OH is 1. The highest BCUT2D eigenvalue weighted by atomic mass is 19.1. The Morgan fingerprint density at radius 3 is 2.84 bits per heavy atom. The zero-order valence-electron chi connectivity index (χ0n) is 10.7. The molecule has 0 radical (unpaired) electrons. The van der Waals surface area contributed by atoms with Gasteiger partial charge in [0.25, 0.3) is 0 Å². The van der Waals surface area contributed by atoms with Crippen molar-refractivity contribution in [2.24, 2.45) is 0 Å². The maximum Gasteiger partial charge on any atom is 0.220 e. The molecule has 1 unspecified atom stereocenters. The molecule has 1 aromatic rings. The van der Waals surface area contributed by atoms with Gasteiger partial charge in [-0.2, -0.15) is 0 Å². The molecule has 0 spiro atoms. The minimum Gasteiger partial charge on any atom is -0.491 e. The average Bonchev–Trinajstić information content (AvgIpc) is 2.36. The van der Waals surface area contributed by atoms with Crippen LogP contribution in [0.15, 0.2) is 18.2 Å². The molecule has 0 saturated heterocycles. The number of hydrogen-bond donors (Lipinski definition) is 2. The van der Waals surface area contributed by atoms with Crippen molar-refractivity contribution in [3.8, 4) is 5.75 Å². The van der Waals surface area contributed by atoms with Crippen molar-refractivity contribution in [3.05, 3.63) is 29.8 Å². The number of benzene rings is 1. The van der Waals surface area contributed by atoms with Crippen molar-refractivity contribution in [3.63, 3.8) is 0 Å². The third-order valence-corrected chi connectivity index (χ3v) is 2.38. The summed E-state index contributed by atoms with van der Waals surface area (Å²) in [5.41, 5.74) is 0. The molecular formula is C13H17F2NO3. The van der Waals surface area contributed by atoms with Crippen LogP contribution in [-0.4, -0.2) is 30.3 Å². The van der Waals surface area contributed by atoms with Crippen LogP contribution in [0.2, 0.25) is 0 Å². The molecule has 0 saturated carbocycles. The fraction of sp³-hybridized carbons (Fsp3) is 0.462. The fourth-order valence-electron chi connectivity index (χ4n) is 1.40. The largest absolute Gasteiger partial charge is 0.491 e. The minimum absolute atomic E-state index is 0.0365. The normalized spacial score (nSPS) is 12.0. The van der Waals surface area contributed by atoms with Crippen LogP contribution in [0.5, 0.6) is 5.75 Å². The van der Waals surface area contributed by atoms with Crippen LogP contribution < -0.4 is 10.1 Å². The predicted octanol–water partition coefficient (Wildman–Crippen LogP) is 1.62. The monoisotopic (exact) mass is 273 g/mol. The van der Waals surface area contributed by atoms with Crippen LogP contribution in [0.25, 0.3) is 0 Å². The van der Waals surface area contributed by atoms with E-state index in [1.54, 1.807) is 6.92 Å². The molecule has 2 N–H and O–H groups in total. The van der Waals surface area contributed by atoms with Crippen molar-refractivity contribution < 1.29 is 23.4 Å². The van der Waals surface area contributed by atoms with E-state index in [2.05, 4.69) is 5.32 Å². The summed E-state index contributed by atoms with van der Waals surface area (Å²) < 4.78 is 30.9. The molecule has 106 valence electrons. The zero-order valence-corrected chi connectivity index (χ0v) is 10.7. The van der Waals surface area contributed by atoms with E-state index in [1.165, 1.54) is 6.07 Å². The van der Waals surface area contributed by atoms with Gasteiger partial charge in [0.2, 0.25) is 5.91 Å². The maximum atomic E-state index is 13.2. The first-order valence-electron chi connectivity index (χ1n) is 6.01. The van der Waals surface area contributed by atoms with Crippen LogP contribution in [-0.2, 0) is 4.79 Å². The first kappa shape index (κ1) is 15.4. The molecule has 4 nitrogen and oxygen atoms in total. The standard InChI is InChI=1S/C13H17F2NO3/c1-9(8-17)16-13(18)3-2-6-19-12-5-4-10(14)7-11(12)15/h4-5,7,9,17H,2-3,6,8H2,1H3,(H,16,18). The molecule has 0 bridgehead atoms. The molecule has 1 aromatic carbocycles. The quantitative estimate of drug-likeness (QED) is 0.742. The molecule has 0 aliphatic heterocycles.